The maximum atomic E-state index is 11.0. The van der Waals surface area contributed by atoms with Gasteiger partial charge in [-0.3, -0.25) is 9.69 Å². The molecule has 1 heterocycles. The lowest BCUT2D eigenvalue weighted by atomic mass is 10.0. The third-order valence-corrected chi connectivity index (χ3v) is 3.08. The molecule has 0 aromatic heterocycles. The predicted molar refractivity (Wildman–Crippen MR) is 52.0 cm³/mol. The molecular weight excluding hydrogens is 166 g/mol. The smallest absolute Gasteiger partial charge is 0.234 e. The van der Waals surface area contributed by atoms with Gasteiger partial charge in [-0.25, -0.2) is 0 Å². The zero-order valence-corrected chi connectivity index (χ0v) is 8.36. The molecule has 0 bridgehead atoms. The first-order valence-corrected chi connectivity index (χ1v) is 4.83. The molecule has 1 amide bonds. The minimum atomic E-state index is -0.257. The van der Waals surface area contributed by atoms with Gasteiger partial charge in [0.1, 0.15) is 0 Å². The number of nitrogens with two attached hydrogens (primary N) is 2. The standard InChI is InChI=1S/C9H19N3O/c1-6-3-4-12(8(6)5-10)7(2)9(11)13/h6-8H,3-5,10H2,1-2H3,(H2,11,13). The summed E-state index contributed by atoms with van der Waals surface area (Å²) in [5.41, 5.74) is 10.9. The Labute approximate surface area is 79.3 Å². The fourth-order valence-corrected chi connectivity index (χ4v) is 2.05. The van der Waals surface area contributed by atoms with Crippen LogP contribution in [0.4, 0.5) is 0 Å². The molecule has 1 rings (SSSR count). The average Bonchev–Trinajstić information content (AvgIpc) is 2.45. The first-order valence-electron chi connectivity index (χ1n) is 4.83. The van der Waals surface area contributed by atoms with Gasteiger partial charge in [-0.05, 0) is 25.8 Å². The molecule has 4 nitrogen and oxygen atoms in total. The van der Waals surface area contributed by atoms with E-state index in [4.69, 9.17) is 11.5 Å². The van der Waals surface area contributed by atoms with Crippen molar-refractivity contribution in [2.75, 3.05) is 13.1 Å². The van der Waals surface area contributed by atoms with Gasteiger partial charge in [0.05, 0.1) is 6.04 Å². The number of likely N-dealkylation sites (tertiary alicyclic amines) is 1. The molecule has 0 spiro atoms. The van der Waals surface area contributed by atoms with E-state index >= 15 is 0 Å². The van der Waals surface area contributed by atoms with Crippen LogP contribution < -0.4 is 11.5 Å². The molecule has 3 atom stereocenters. The minimum Gasteiger partial charge on any atom is -0.368 e. The van der Waals surface area contributed by atoms with Crippen LogP contribution >= 0.6 is 0 Å². The molecule has 0 aromatic carbocycles. The highest BCUT2D eigenvalue weighted by Gasteiger charge is 2.34. The maximum Gasteiger partial charge on any atom is 0.234 e. The van der Waals surface area contributed by atoms with E-state index in [0.717, 1.165) is 13.0 Å². The molecule has 3 unspecified atom stereocenters. The van der Waals surface area contributed by atoms with E-state index in [1.807, 2.05) is 6.92 Å². The van der Waals surface area contributed by atoms with Gasteiger partial charge < -0.3 is 11.5 Å². The molecule has 1 aliphatic heterocycles. The molecule has 13 heavy (non-hydrogen) atoms. The number of carbonyl (C=O) groups excluding carboxylic acids is 1. The van der Waals surface area contributed by atoms with Gasteiger partial charge in [0.25, 0.3) is 0 Å². The Hall–Kier alpha value is -0.610. The fourth-order valence-electron chi connectivity index (χ4n) is 2.05. The van der Waals surface area contributed by atoms with E-state index < -0.39 is 0 Å². The third-order valence-electron chi connectivity index (χ3n) is 3.08. The van der Waals surface area contributed by atoms with Crippen LogP contribution in [0.15, 0.2) is 0 Å². The molecule has 0 aromatic rings. The van der Waals surface area contributed by atoms with Gasteiger partial charge in [-0.2, -0.15) is 0 Å². The predicted octanol–water partition coefficient (Wildman–Crippen LogP) is -0.471. The summed E-state index contributed by atoms with van der Waals surface area (Å²) in [5, 5.41) is 0. The number of primary amides is 1. The topological polar surface area (TPSA) is 72.3 Å². The Balaban J connectivity index is 2.64. The van der Waals surface area contributed by atoms with Crippen molar-refractivity contribution >= 4 is 5.91 Å². The summed E-state index contributed by atoms with van der Waals surface area (Å²) in [7, 11) is 0. The van der Waals surface area contributed by atoms with Crippen molar-refractivity contribution in [2.24, 2.45) is 17.4 Å². The summed E-state index contributed by atoms with van der Waals surface area (Å²) >= 11 is 0. The molecule has 4 N–H and O–H groups in total. The van der Waals surface area contributed by atoms with Crippen molar-refractivity contribution in [1.29, 1.82) is 0 Å². The van der Waals surface area contributed by atoms with Crippen molar-refractivity contribution in [2.45, 2.75) is 32.4 Å². The zero-order valence-electron chi connectivity index (χ0n) is 8.36. The number of amides is 1. The highest BCUT2D eigenvalue weighted by molar-refractivity contribution is 5.79. The Morgan fingerprint density at radius 1 is 1.69 bits per heavy atom. The highest BCUT2D eigenvalue weighted by Crippen LogP contribution is 2.24. The molecule has 0 aliphatic carbocycles. The number of carbonyl (C=O) groups is 1. The van der Waals surface area contributed by atoms with Crippen LogP contribution in [0.5, 0.6) is 0 Å². The van der Waals surface area contributed by atoms with E-state index in [2.05, 4.69) is 11.8 Å². The first kappa shape index (κ1) is 10.5. The molecule has 1 aliphatic rings. The van der Waals surface area contributed by atoms with Gasteiger partial charge in [-0.1, -0.05) is 6.92 Å². The van der Waals surface area contributed by atoms with E-state index in [1.54, 1.807) is 0 Å². The van der Waals surface area contributed by atoms with Crippen molar-refractivity contribution in [3.8, 4) is 0 Å². The molecular formula is C9H19N3O. The lowest BCUT2D eigenvalue weighted by Crippen LogP contribution is -2.48. The Kier molecular flexibility index (Phi) is 3.27. The van der Waals surface area contributed by atoms with Crippen molar-refractivity contribution in [3.05, 3.63) is 0 Å². The van der Waals surface area contributed by atoms with Crippen molar-refractivity contribution in [3.63, 3.8) is 0 Å². The van der Waals surface area contributed by atoms with Gasteiger partial charge in [0.15, 0.2) is 0 Å². The number of rotatable bonds is 3. The van der Waals surface area contributed by atoms with Gasteiger partial charge >= 0.3 is 0 Å². The third kappa shape index (κ3) is 2.00. The van der Waals surface area contributed by atoms with Crippen LogP contribution in [0.25, 0.3) is 0 Å². The van der Waals surface area contributed by atoms with E-state index in [-0.39, 0.29) is 11.9 Å². The second kappa shape index (κ2) is 4.07. The van der Waals surface area contributed by atoms with Gasteiger partial charge in [0.2, 0.25) is 5.91 Å². The second-order valence-corrected chi connectivity index (χ2v) is 3.89. The van der Waals surface area contributed by atoms with E-state index in [1.165, 1.54) is 0 Å². The Bertz CT molecular complexity index is 195. The fraction of sp³-hybridized carbons (Fsp3) is 0.889. The van der Waals surface area contributed by atoms with Crippen LogP contribution in [-0.4, -0.2) is 36.0 Å². The molecule has 0 saturated carbocycles. The summed E-state index contributed by atoms with van der Waals surface area (Å²) in [6.45, 7) is 5.57. The van der Waals surface area contributed by atoms with Crippen LogP contribution in [0.3, 0.4) is 0 Å². The van der Waals surface area contributed by atoms with E-state index in [9.17, 15) is 4.79 Å². The van der Waals surface area contributed by atoms with Gasteiger partial charge in [0, 0.05) is 12.6 Å². The SMILES string of the molecule is CC1CCN(C(C)C(N)=O)C1CN. The average molecular weight is 185 g/mol. The number of nitrogens with zero attached hydrogens (tertiary/aromatic N) is 1. The van der Waals surface area contributed by atoms with Crippen molar-refractivity contribution < 1.29 is 4.79 Å². The normalized spacial score (nSPS) is 31.9. The zero-order chi connectivity index (χ0) is 10.0. The summed E-state index contributed by atoms with van der Waals surface area (Å²) < 4.78 is 0. The molecule has 76 valence electrons. The highest BCUT2D eigenvalue weighted by atomic mass is 16.1. The molecule has 4 heteroatoms. The largest absolute Gasteiger partial charge is 0.368 e. The summed E-state index contributed by atoms with van der Waals surface area (Å²) in [6, 6.07) is 0.140. The quantitative estimate of drug-likeness (QED) is 0.624. The lowest BCUT2D eigenvalue weighted by Gasteiger charge is -2.29. The van der Waals surface area contributed by atoms with Crippen molar-refractivity contribution in [1.82, 2.24) is 4.90 Å². The summed E-state index contributed by atoms with van der Waals surface area (Å²) in [5.74, 6) is 0.319. The maximum absolute atomic E-state index is 11.0. The Morgan fingerprint density at radius 3 is 2.77 bits per heavy atom. The van der Waals surface area contributed by atoms with Gasteiger partial charge in [-0.15, -0.1) is 0 Å². The summed E-state index contributed by atoms with van der Waals surface area (Å²) in [4.78, 5) is 13.1. The van der Waals surface area contributed by atoms with E-state index in [0.29, 0.717) is 18.5 Å². The molecule has 0 radical (unpaired) electrons. The first-order chi connectivity index (χ1) is 6.07. The number of hydrogen-bond acceptors (Lipinski definition) is 3. The Morgan fingerprint density at radius 2 is 2.31 bits per heavy atom. The summed E-state index contributed by atoms with van der Waals surface area (Å²) in [6.07, 6.45) is 1.11. The van der Waals surface area contributed by atoms with Crippen LogP contribution in [-0.2, 0) is 4.79 Å². The van der Waals surface area contributed by atoms with Crippen LogP contribution in [0.2, 0.25) is 0 Å². The second-order valence-electron chi connectivity index (χ2n) is 3.89. The number of hydrogen-bond donors (Lipinski definition) is 2. The van der Waals surface area contributed by atoms with Crippen LogP contribution in [0.1, 0.15) is 20.3 Å². The monoisotopic (exact) mass is 185 g/mol. The minimum absolute atomic E-state index is 0.182. The lowest BCUT2D eigenvalue weighted by molar-refractivity contribution is -0.123. The van der Waals surface area contributed by atoms with Crippen LogP contribution in [0, 0.1) is 5.92 Å². The molecule has 1 fully saturated rings. The molecule has 1 saturated heterocycles.